The van der Waals surface area contributed by atoms with E-state index in [9.17, 15) is 0 Å². The van der Waals surface area contributed by atoms with Crippen molar-refractivity contribution < 1.29 is 0 Å². The molecule has 3 heteroatoms. The molecule has 22 heavy (non-hydrogen) atoms. The first kappa shape index (κ1) is 15.4. The molecule has 0 spiro atoms. The first-order chi connectivity index (χ1) is 10.8. The van der Waals surface area contributed by atoms with Crippen molar-refractivity contribution in [2.24, 2.45) is 5.92 Å². The van der Waals surface area contributed by atoms with Crippen LogP contribution in [0.1, 0.15) is 44.7 Å². The number of hydrogen-bond donors (Lipinski definition) is 2. The molecule has 3 nitrogen and oxygen atoms in total. The lowest BCUT2D eigenvalue weighted by Gasteiger charge is -2.25. The number of benzene rings is 1. The van der Waals surface area contributed by atoms with Gasteiger partial charge in [0, 0.05) is 30.2 Å². The maximum Gasteiger partial charge on any atom is 0.0705 e. The Bertz CT molecular complexity index is 610. The van der Waals surface area contributed by atoms with Gasteiger partial charge in [0.1, 0.15) is 0 Å². The molecule has 2 heterocycles. The summed E-state index contributed by atoms with van der Waals surface area (Å²) in [5.74, 6) is 0.660. The highest BCUT2D eigenvalue weighted by Gasteiger charge is 2.29. The van der Waals surface area contributed by atoms with Crippen LogP contribution in [0.3, 0.4) is 0 Å². The van der Waals surface area contributed by atoms with Gasteiger partial charge in [0.15, 0.2) is 0 Å². The molecule has 1 fully saturated rings. The fourth-order valence-electron chi connectivity index (χ4n) is 3.50. The molecule has 3 atom stereocenters. The van der Waals surface area contributed by atoms with E-state index in [-0.39, 0.29) is 0 Å². The Balaban J connectivity index is 1.85. The standard InChI is InChI=1S/C19H27N3/c1-3-4-9-21-19(17-11-14(2)22-13-17)16-8-7-15-6-5-10-20-18(15)12-16/h5-8,10,12,14,17,19,21-22H,3-4,9,11,13H2,1-2H3. The smallest absolute Gasteiger partial charge is 0.0705 e. The molecule has 1 aromatic carbocycles. The van der Waals surface area contributed by atoms with Crippen molar-refractivity contribution in [2.75, 3.05) is 13.1 Å². The Morgan fingerprint density at radius 1 is 1.36 bits per heavy atom. The topological polar surface area (TPSA) is 37.0 Å². The van der Waals surface area contributed by atoms with Crippen LogP contribution in [0.4, 0.5) is 0 Å². The zero-order valence-corrected chi connectivity index (χ0v) is 13.7. The average molecular weight is 297 g/mol. The quantitative estimate of drug-likeness (QED) is 0.799. The summed E-state index contributed by atoms with van der Waals surface area (Å²) in [6.45, 7) is 6.72. The van der Waals surface area contributed by atoms with Crippen molar-refractivity contribution in [2.45, 2.75) is 45.2 Å². The van der Waals surface area contributed by atoms with Gasteiger partial charge in [0.2, 0.25) is 0 Å². The molecule has 1 aliphatic rings. The van der Waals surface area contributed by atoms with Gasteiger partial charge < -0.3 is 10.6 Å². The van der Waals surface area contributed by atoms with Crippen LogP contribution in [-0.2, 0) is 0 Å². The predicted molar refractivity (Wildman–Crippen MR) is 93.0 cm³/mol. The zero-order chi connectivity index (χ0) is 15.4. The summed E-state index contributed by atoms with van der Waals surface area (Å²) in [5.41, 5.74) is 2.48. The summed E-state index contributed by atoms with van der Waals surface area (Å²) in [6.07, 6.45) is 5.59. The van der Waals surface area contributed by atoms with Crippen LogP contribution in [0.15, 0.2) is 36.5 Å². The Morgan fingerprint density at radius 3 is 3.05 bits per heavy atom. The van der Waals surface area contributed by atoms with E-state index in [1.807, 2.05) is 12.3 Å². The van der Waals surface area contributed by atoms with Gasteiger partial charge in [0.25, 0.3) is 0 Å². The SMILES string of the molecule is CCCCNC(c1ccc2cccnc2c1)C1CNC(C)C1. The van der Waals surface area contributed by atoms with E-state index in [1.54, 1.807) is 0 Å². The molecule has 1 aliphatic heterocycles. The van der Waals surface area contributed by atoms with E-state index < -0.39 is 0 Å². The fraction of sp³-hybridized carbons (Fsp3) is 0.526. The highest BCUT2D eigenvalue weighted by Crippen LogP contribution is 2.30. The van der Waals surface area contributed by atoms with Crippen molar-refractivity contribution in [1.82, 2.24) is 15.6 Å². The third kappa shape index (κ3) is 3.47. The van der Waals surface area contributed by atoms with Crippen LogP contribution < -0.4 is 10.6 Å². The minimum atomic E-state index is 0.426. The van der Waals surface area contributed by atoms with Gasteiger partial charge in [0.05, 0.1) is 5.52 Å². The molecule has 3 unspecified atom stereocenters. The van der Waals surface area contributed by atoms with E-state index in [0.29, 0.717) is 18.0 Å². The number of pyridine rings is 1. The lowest BCUT2D eigenvalue weighted by molar-refractivity contribution is 0.378. The maximum absolute atomic E-state index is 4.52. The predicted octanol–water partition coefficient (Wildman–Crippen LogP) is 3.66. The largest absolute Gasteiger partial charge is 0.314 e. The third-order valence-electron chi connectivity index (χ3n) is 4.74. The summed E-state index contributed by atoms with van der Waals surface area (Å²) in [4.78, 5) is 4.52. The molecule has 1 saturated heterocycles. The van der Waals surface area contributed by atoms with Crippen molar-refractivity contribution in [3.05, 3.63) is 42.1 Å². The van der Waals surface area contributed by atoms with E-state index in [1.165, 1.54) is 30.2 Å². The molecule has 2 N–H and O–H groups in total. The van der Waals surface area contributed by atoms with Crippen molar-refractivity contribution in [3.63, 3.8) is 0 Å². The van der Waals surface area contributed by atoms with Gasteiger partial charge in [-0.2, -0.15) is 0 Å². The van der Waals surface area contributed by atoms with Crippen molar-refractivity contribution in [3.8, 4) is 0 Å². The first-order valence-electron chi connectivity index (χ1n) is 8.59. The van der Waals surface area contributed by atoms with E-state index >= 15 is 0 Å². The highest BCUT2D eigenvalue weighted by molar-refractivity contribution is 5.79. The molecule has 0 radical (unpaired) electrons. The monoisotopic (exact) mass is 297 g/mol. The van der Waals surface area contributed by atoms with Crippen LogP contribution in [0.2, 0.25) is 0 Å². The maximum atomic E-state index is 4.52. The minimum absolute atomic E-state index is 0.426. The summed E-state index contributed by atoms with van der Waals surface area (Å²) < 4.78 is 0. The van der Waals surface area contributed by atoms with Crippen molar-refractivity contribution >= 4 is 10.9 Å². The van der Waals surface area contributed by atoms with Gasteiger partial charge in [-0.1, -0.05) is 31.5 Å². The summed E-state index contributed by atoms with van der Waals surface area (Å²) in [7, 11) is 0. The highest BCUT2D eigenvalue weighted by atomic mass is 15.0. The van der Waals surface area contributed by atoms with E-state index in [2.05, 4.69) is 53.7 Å². The Kier molecular flexibility index (Phi) is 5.06. The van der Waals surface area contributed by atoms with Gasteiger partial charge in [-0.15, -0.1) is 0 Å². The van der Waals surface area contributed by atoms with Crippen LogP contribution >= 0.6 is 0 Å². The second-order valence-corrected chi connectivity index (χ2v) is 6.55. The van der Waals surface area contributed by atoms with Crippen molar-refractivity contribution in [1.29, 1.82) is 0 Å². The summed E-state index contributed by atoms with van der Waals surface area (Å²) >= 11 is 0. The zero-order valence-electron chi connectivity index (χ0n) is 13.7. The molecule has 0 bridgehead atoms. The van der Waals surface area contributed by atoms with Crippen LogP contribution in [0.5, 0.6) is 0 Å². The number of fused-ring (bicyclic) bond motifs is 1. The molecule has 0 saturated carbocycles. The molecule has 2 aromatic rings. The van der Waals surface area contributed by atoms with Crippen LogP contribution in [0, 0.1) is 5.92 Å². The number of unbranched alkanes of at least 4 members (excludes halogenated alkanes) is 1. The molecule has 3 rings (SSSR count). The number of rotatable bonds is 6. The van der Waals surface area contributed by atoms with Gasteiger partial charge in [-0.3, -0.25) is 4.98 Å². The number of hydrogen-bond acceptors (Lipinski definition) is 3. The third-order valence-corrected chi connectivity index (χ3v) is 4.74. The van der Waals surface area contributed by atoms with Crippen LogP contribution in [0.25, 0.3) is 10.9 Å². The molecular weight excluding hydrogens is 270 g/mol. The first-order valence-corrected chi connectivity index (χ1v) is 8.59. The summed E-state index contributed by atoms with van der Waals surface area (Å²) in [5, 5.41) is 8.61. The molecule has 118 valence electrons. The van der Waals surface area contributed by atoms with Gasteiger partial charge >= 0.3 is 0 Å². The second-order valence-electron chi connectivity index (χ2n) is 6.55. The average Bonchev–Trinajstić information content (AvgIpc) is 2.97. The molecule has 0 amide bonds. The van der Waals surface area contributed by atoms with E-state index in [0.717, 1.165) is 18.6 Å². The fourth-order valence-corrected chi connectivity index (χ4v) is 3.50. The second kappa shape index (κ2) is 7.21. The van der Waals surface area contributed by atoms with Gasteiger partial charge in [-0.25, -0.2) is 0 Å². The number of nitrogens with one attached hydrogen (secondary N) is 2. The van der Waals surface area contributed by atoms with E-state index in [4.69, 9.17) is 0 Å². The minimum Gasteiger partial charge on any atom is -0.314 e. The lowest BCUT2D eigenvalue weighted by atomic mass is 9.90. The normalized spacial score (nSPS) is 23.0. The van der Waals surface area contributed by atoms with Gasteiger partial charge in [-0.05, 0) is 49.9 Å². The number of nitrogens with zero attached hydrogens (tertiary/aromatic N) is 1. The molecule has 1 aromatic heterocycles. The summed E-state index contributed by atoms with van der Waals surface area (Å²) in [6, 6.07) is 11.9. The lowest BCUT2D eigenvalue weighted by Crippen LogP contribution is -2.30. The Hall–Kier alpha value is -1.45. The molecular formula is C19H27N3. The Labute approximate surface area is 133 Å². The van der Waals surface area contributed by atoms with Crippen LogP contribution in [-0.4, -0.2) is 24.1 Å². The Morgan fingerprint density at radius 2 is 2.27 bits per heavy atom. The molecule has 0 aliphatic carbocycles. The number of aromatic nitrogens is 1.